The van der Waals surface area contributed by atoms with Crippen molar-refractivity contribution in [2.24, 2.45) is 0 Å². The third-order valence-electron chi connectivity index (χ3n) is 3.90. The Kier molecular flexibility index (Phi) is 2.87. The molecule has 0 aliphatic carbocycles. The van der Waals surface area contributed by atoms with Gasteiger partial charge in [-0.15, -0.1) is 0 Å². The lowest BCUT2D eigenvalue weighted by Gasteiger charge is -2.33. The van der Waals surface area contributed by atoms with Crippen molar-refractivity contribution in [3.63, 3.8) is 0 Å². The van der Waals surface area contributed by atoms with Gasteiger partial charge in [0.2, 0.25) is 0 Å². The van der Waals surface area contributed by atoms with E-state index in [0.717, 1.165) is 39.0 Å². The lowest BCUT2D eigenvalue weighted by atomic mass is 9.90. The van der Waals surface area contributed by atoms with Gasteiger partial charge in [0.25, 0.3) is 0 Å². The van der Waals surface area contributed by atoms with Crippen LogP contribution in [0.25, 0.3) is 0 Å². The minimum atomic E-state index is 0.108. The quantitative estimate of drug-likeness (QED) is 0.699. The van der Waals surface area contributed by atoms with Crippen molar-refractivity contribution in [3.05, 3.63) is 0 Å². The highest BCUT2D eigenvalue weighted by Crippen LogP contribution is 2.33. The first kappa shape index (κ1) is 10.7. The number of carbonyl (C=O) groups is 1. The molecular formula is C11H21N3O. The van der Waals surface area contributed by atoms with Gasteiger partial charge in [0.1, 0.15) is 0 Å². The Morgan fingerprint density at radius 2 is 2.20 bits per heavy atom. The van der Waals surface area contributed by atoms with Crippen molar-refractivity contribution in [1.29, 1.82) is 0 Å². The molecule has 2 rings (SSSR count). The van der Waals surface area contributed by atoms with Crippen molar-refractivity contribution < 1.29 is 4.79 Å². The van der Waals surface area contributed by atoms with Crippen LogP contribution in [-0.4, -0.2) is 54.6 Å². The van der Waals surface area contributed by atoms with E-state index in [1.54, 1.807) is 0 Å². The summed E-state index contributed by atoms with van der Waals surface area (Å²) in [5.41, 5.74) is 0.108. The Hall–Kier alpha value is -0.770. The second kappa shape index (κ2) is 4.00. The summed E-state index contributed by atoms with van der Waals surface area (Å²) in [6.07, 6.45) is 3.40. The average Bonchev–Trinajstić information content (AvgIpc) is 2.47. The molecule has 2 aliphatic rings. The molecular weight excluding hydrogens is 190 g/mol. The van der Waals surface area contributed by atoms with Gasteiger partial charge < -0.3 is 15.1 Å². The van der Waals surface area contributed by atoms with E-state index in [4.69, 9.17) is 0 Å². The number of urea groups is 1. The molecule has 2 aliphatic heterocycles. The first-order valence-electron chi connectivity index (χ1n) is 5.93. The molecule has 4 nitrogen and oxygen atoms in total. The van der Waals surface area contributed by atoms with Crippen LogP contribution >= 0.6 is 0 Å². The van der Waals surface area contributed by atoms with Crippen LogP contribution in [0.15, 0.2) is 0 Å². The van der Waals surface area contributed by atoms with Crippen LogP contribution in [0.2, 0.25) is 0 Å². The maximum Gasteiger partial charge on any atom is 0.320 e. The number of nitrogens with one attached hydrogen (secondary N) is 1. The Bertz CT molecular complexity index is 246. The molecule has 2 saturated heterocycles. The van der Waals surface area contributed by atoms with Gasteiger partial charge in [-0.05, 0) is 39.3 Å². The van der Waals surface area contributed by atoms with Crippen LogP contribution in [0.1, 0.15) is 26.2 Å². The second-order valence-corrected chi connectivity index (χ2v) is 4.68. The molecule has 2 amide bonds. The number of nitrogens with zero attached hydrogens (tertiary/aromatic N) is 2. The zero-order chi connectivity index (χ0) is 10.9. The number of carbonyl (C=O) groups excluding carboxylic acids is 1. The standard InChI is InChI=1S/C11H21N3O/c1-3-14-9-11(13(2)10(14)15)5-4-7-12-8-6-11/h12H,3-9H2,1-2H3. The molecule has 0 radical (unpaired) electrons. The van der Waals surface area contributed by atoms with Crippen LogP contribution in [0.3, 0.4) is 0 Å². The van der Waals surface area contributed by atoms with Gasteiger partial charge in [0, 0.05) is 20.1 Å². The maximum absolute atomic E-state index is 12.0. The van der Waals surface area contributed by atoms with Crippen LogP contribution in [0.4, 0.5) is 4.79 Å². The molecule has 2 fully saturated rings. The molecule has 4 heteroatoms. The molecule has 86 valence electrons. The molecule has 1 atom stereocenters. The number of hydrogen-bond donors (Lipinski definition) is 1. The number of rotatable bonds is 1. The van der Waals surface area contributed by atoms with Crippen LogP contribution in [-0.2, 0) is 0 Å². The Morgan fingerprint density at radius 1 is 1.40 bits per heavy atom. The molecule has 0 aromatic heterocycles. The molecule has 0 saturated carbocycles. The van der Waals surface area contributed by atoms with Gasteiger partial charge in [0.15, 0.2) is 0 Å². The highest BCUT2D eigenvalue weighted by atomic mass is 16.2. The summed E-state index contributed by atoms with van der Waals surface area (Å²) in [7, 11) is 1.96. The second-order valence-electron chi connectivity index (χ2n) is 4.68. The highest BCUT2D eigenvalue weighted by Gasteiger charge is 2.46. The number of likely N-dealkylation sites (N-methyl/N-ethyl adjacent to an activating group) is 2. The highest BCUT2D eigenvalue weighted by molar-refractivity contribution is 5.77. The summed E-state index contributed by atoms with van der Waals surface area (Å²) in [5.74, 6) is 0. The van der Waals surface area contributed by atoms with Gasteiger partial charge in [0.05, 0.1) is 5.54 Å². The van der Waals surface area contributed by atoms with Gasteiger partial charge in [-0.1, -0.05) is 0 Å². The SMILES string of the molecule is CCN1CC2(CCCNCC2)N(C)C1=O. The van der Waals surface area contributed by atoms with E-state index in [0.29, 0.717) is 0 Å². The van der Waals surface area contributed by atoms with E-state index in [1.165, 1.54) is 6.42 Å². The lowest BCUT2D eigenvalue weighted by Crippen LogP contribution is -2.45. The fraction of sp³-hybridized carbons (Fsp3) is 0.909. The summed E-state index contributed by atoms with van der Waals surface area (Å²) < 4.78 is 0. The van der Waals surface area contributed by atoms with Crippen molar-refractivity contribution in [2.45, 2.75) is 31.7 Å². The smallest absolute Gasteiger partial charge is 0.320 e. The maximum atomic E-state index is 12.0. The van der Waals surface area contributed by atoms with Crippen molar-refractivity contribution in [3.8, 4) is 0 Å². The van der Waals surface area contributed by atoms with Gasteiger partial charge in [-0.3, -0.25) is 0 Å². The third-order valence-corrected chi connectivity index (χ3v) is 3.90. The topological polar surface area (TPSA) is 35.6 Å². The molecule has 1 unspecified atom stereocenters. The first-order valence-corrected chi connectivity index (χ1v) is 5.93. The number of amides is 2. The molecule has 0 aromatic rings. The van der Waals surface area contributed by atoms with E-state index < -0.39 is 0 Å². The Labute approximate surface area is 91.6 Å². The monoisotopic (exact) mass is 211 g/mol. The predicted octanol–water partition coefficient (Wildman–Crippen LogP) is 0.886. The van der Waals surface area contributed by atoms with Crippen LogP contribution in [0, 0.1) is 0 Å². The minimum absolute atomic E-state index is 0.108. The third kappa shape index (κ3) is 1.71. The van der Waals surface area contributed by atoms with E-state index in [-0.39, 0.29) is 11.6 Å². The van der Waals surface area contributed by atoms with Crippen molar-refractivity contribution in [2.75, 3.05) is 33.2 Å². The summed E-state index contributed by atoms with van der Waals surface area (Å²) in [5, 5.41) is 3.41. The van der Waals surface area contributed by atoms with E-state index >= 15 is 0 Å². The summed E-state index contributed by atoms with van der Waals surface area (Å²) in [6.45, 7) is 5.93. The Morgan fingerprint density at radius 3 is 2.87 bits per heavy atom. The van der Waals surface area contributed by atoms with E-state index in [9.17, 15) is 4.79 Å². The molecule has 15 heavy (non-hydrogen) atoms. The molecule has 2 heterocycles. The van der Waals surface area contributed by atoms with Crippen LogP contribution in [0.5, 0.6) is 0 Å². The molecule has 1 spiro atoms. The Balaban J connectivity index is 2.16. The largest absolute Gasteiger partial charge is 0.323 e. The van der Waals surface area contributed by atoms with E-state index in [1.807, 2.05) is 16.8 Å². The van der Waals surface area contributed by atoms with Gasteiger partial charge in [-0.2, -0.15) is 0 Å². The zero-order valence-electron chi connectivity index (χ0n) is 9.75. The van der Waals surface area contributed by atoms with Gasteiger partial charge in [-0.25, -0.2) is 4.79 Å². The zero-order valence-corrected chi connectivity index (χ0v) is 9.75. The predicted molar refractivity (Wildman–Crippen MR) is 59.9 cm³/mol. The lowest BCUT2D eigenvalue weighted by molar-refractivity contribution is 0.166. The molecule has 0 aromatic carbocycles. The molecule has 0 bridgehead atoms. The van der Waals surface area contributed by atoms with Gasteiger partial charge >= 0.3 is 6.03 Å². The van der Waals surface area contributed by atoms with Crippen LogP contribution < -0.4 is 5.32 Å². The fourth-order valence-corrected chi connectivity index (χ4v) is 2.80. The van der Waals surface area contributed by atoms with Crippen molar-refractivity contribution in [1.82, 2.24) is 15.1 Å². The fourth-order valence-electron chi connectivity index (χ4n) is 2.80. The average molecular weight is 211 g/mol. The van der Waals surface area contributed by atoms with Crippen molar-refractivity contribution >= 4 is 6.03 Å². The summed E-state index contributed by atoms with van der Waals surface area (Å²) in [6, 6.07) is 0.208. The van der Waals surface area contributed by atoms with E-state index in [2.05, 4.69) is 12.2 Å². The minimum Gasteiger partial charge on any atom is -0.323 e. The normalized spacial score (nSPS) is 32.5. The summed E-state index contributed by atoms with van der Waals surface area (Å²) >= 11 is 0. The first-order chi connectivity index (χ1) is 7.19. The number of hydrogen-bond acceptors (Lipinski definition) is 2. The summed E-state index contributed by atoms with van der Waals surface area (Å²) in [4.78, 5) is 15.9. The molecule has 1 N–H and O–H groups in total.